The molecule has 1 unspecified atom stereocenters. The highest BCUT2D eigenvalue weighted by molar-refractivity contribution is 5.91. The molecule has 1 aliphatic heterocycles. The van der Waals surface area contributed by atoms with Crippen LogP contribution in [0.4, 0.5) is 5.82 Å². The average molecular weight is 268 g/mol. The zero-order chi connectivity index (χ0) is 13.7. The van der Waals surface area contributed by atoms with E-state index in [1.807, 2.05) is 7.05 Å². The number of carbonyl (C=O) groups is 1. The molecule has 1 atom stereocenters. The topological polar surface area (TPSA) is 79.6 Å². The number of aromatic nitrogens is 1. The number of aryl methyl sites for hydroxylation is 1. The number of morpholine rings is 1. The fraction of sp³-hybridized carbons (Fsp3) is 0.667. The Morgan fingerprint density at radius 2 is 2.47 bits per heavy atom. The van der Waals surface area contributed by atoms with Gasteiger partial charge in [-0.1, -0.05) is 5.16 Å². The van der Waals surface area contributed by atoms with Gasteiger partial charge >= 0.3 is 0 Å². The molecule has 0 spiro atoms. The van der Waals surface area contributed by atoms with Crippen LogP contribution in [0.25, 0.3) is 0 Å². The molecule has 0 radical (unpaired) electrons. The Morgan fingerprint density at radius 3 is 3.16 bits per heavy atom. The highest BCUT2D eigenvalue weighted by Gasteiger charge is 2.21. The van der Waals surface area contributed by atoms with Crippen molar-refractivity contribution >= 4 is 11.7 Å². The van der Waals surface area contributed by atoms with E-state index >= 15 is 0 Å². The maximum absolute atomic E-state index is 11.9. The van der Waals surface area contributed by atoms with Crippen molar-refractivity contribution in [3.8, 4) is 0 Å². The number of amides is 1. The van der Waals surface area contributed by atoms with E-state index in [9.17, 15) is 4.79 Å². The third-order valence-electron chi connectivity index (χ3n) is 2.92. The summed E-state index contributed by atoms with van der Waals surface area (Å²) in [6, 6.07) is 1.70. The Labute approximate surface area is 112 Å². The minimum Gasteiger partial charge on any atom is -0.374 e. The van der Waals surface area contributed by atoms with Crippen LogP contribution >= 0.6 is 0 Å². The van der Waals surface area contributed by atoms with Crippen LogP contribution in [0.3, 0.4) is 0 Å². The molecule has 7 nitrogen and oxygen atoms in total. The maximum atomic E-state index is 11.9. The minimum absolute atomic E-state index is 0.0848. The summed E-state index contributed by atoms with van der Waals surface area (Å²) in [5.41, 5.74) is 0. The molecule has 0 saturated carbocycles. The van der Waals surface area contributed by atoms with E-state index in [2.05, 4.69) is 20.7 Å². The van der Waals surface area contributed by atoms with Crippen LogP contribution < -0.4 is 10.6 Å². The summed E-state index contributed by atoms with van der Waals surface area (Å²) in [5, 5.41) is 9.53. The summed E-state index contributed by atoms with van der Waals surface area (Å²) in [5.74, 6) is 1.05. The average Bonchev–Trinajstić information content (AvgIpc) is 2.75. The third kappa shape index (κ3) is 4.30. The first-order valence-electron chi connectivity index (χ1n) is 6.39. The molecule has 1 aliphatic rings. The molecule has 19 heavy (non-hydrogen) atoms. The molecule has 1 aromatic rings. The molecule has 0 aromatic carbocycles. The lowest BCUT2D eigenvalue weighted by atomic mass is 10.2. The third-order valence-corrected chi connectivity index (χ3v) is 2.92. The standard InChI is InChI=1S/C12H20N4O3/c1-9-5-11(15-19-9)14-12(17)8-16-3-4-18-10(7-16)6-13-2/h5,10,13H,3-4,6-8H2,1-2H3,(H,14,15,17). The monoisotopic (exact) mass is 268 g/mol. The SMILES string of the molecule is CNCC1CN(CC(=O)Nc2cc(C)on2)CCO1. The molecule has 2 heterocycles. The molecule has 0 aliphatic carbocycles. The molecule has 7 heteroatoms. The van der Waals surface area contributed by atoms with Crippen LogP contribution in [0, 0.1) is 6.92 Å². The molecular formula is C12H20N4O3. The minimum atomic E-state index is -0.0848. The fourth-order valence-corrected chi connectivity index (χ4v) is 2.09. The van der Waals surface area contributed by atoms with Crippen molar-refractivity contribution in [1.29, 1.82) is 0 Å². The molecule has 1 saturated heterocycles. The highest BCUT2D eigenvalue weighted by atomic mass is 16.5. The van der Waals surface area contributed by atoms with E-state index < -0.39 is 0 Å². The molecule has 2 N–H and O–H groups in total. The van der Waals surface area contributed by atoms with Gasteiger partial charge in [0.15, 0.2) is 5.82 Å². The van der Waals surface area contributed by atoms with Crippen molar-refractivity contribution < 1.29 is 14.1 Å². The van der Waals surface area contributed by atoms with E-state index in [0.717, 1.165) is 19.6 Å². The lowest BCUT2D eigenvalue weighted by Gasteiger charge is -2.32. The van der Waals surface area contributed by atoms with Gasteiger partial charge in [-0.05, 0) is 14.0 Å². The van der Waals surface area contributed by atoms with Gasteiger partial charge in [-0.3, -0.25) is 9.69 Å². The molecule has 1 amide bonds. The number of hydrogen-bond donors (Lipinski definition) is 2. The van der Waals surface area contributed by atoms with Gasteiger partial charge in [-0.2, -0.15) is 0 Å². The van der Waals surface area contributed by atoms with Crippen molar-refractivity contribution in [3.63, 3.8) is 0 Å². The largest absolute Gasteiger partial charge is 0.374 e. The number of carbonyl (C=O) groups excluding carboxylic acids is 1. The van der Waals surface area contributed by atoms with Gasteiger partial charge in [0.1, 0.15) is 5.76 Å². The van der Waals surface area contributed by atoms with Crippen molar-refractivity contribution in [3.05, 3.63) is 11.8 Å². The van der Waals surface area contributed by atoms with Crippen LogP contribution in [0.15, 0.2) is 10.6 Å². The first-order chi connectivity index (χ1) is 9.17. The van der Waals surface area contributed by atoms with Gasteiger partial charge in [0.25, 0.3) is 0 Å². The number of nitrogens with zero attached hydrogens (tertiary/aromatic N) is 2. The van der Waals surface area contributed by atoms with Gasteiger partial charge in [0, 0.05) is 25.7 Å². The molecule has 106 valence electrons. The summed E-state index contributed by atoms with van der Waals surface area (Å²) in [6.07, 6.45) is 0.140. The van der Waals surface area contributed by atoms with Crippen molar-refractivity contribution in [2.45, 2.75) is 13.0 Å². The van der Waals surface area contributed by atoms with Gasteiger partial charge in [0.2, 0.25) is 5.91 Å². The Bertz CT molecular complexity index is 419. The second kappa shape index (κ2) is 6.65. The van der Waals surface area contributed by atoms with Gasteiger partial charge in [0.05, 0.1) is 19.3 Å². The van der Waals surface area contributed by atoms with Gasteiger partial charge in [-0.25, -0.2) is 0 Å². The zero-order valence-electron chi connectivity index (χ0n) is 11.3. The van der Waals surface area contributed by atoms with E-state index in [1.165, 1.54) is 0 Å². The number of rotatable bonds is 5. The summed E-state index contributed by atoms with van der Waals surface area (Å²) in [6.45, 7) is 5.10. The van der Waals surface area contributed by atoms with Gasteiger partial charge < -0.3 is 19.9 Å². The smallest absolute Gasteiger partial charge is 0.239 e. The van der Waals surface area contributed by atoms with E-state index in [-0.39, 0.29) is 12.0 Å². The quantitative estimate of drug-likeness (QED) is 0.772. The number of likely N-dealkylation sites (N-methyl/N-ethyl adjacent to an activating group) is 1. The van der Waals surface area contributed by atoms with Crippen molar-refractivity contribution in [2.24, 2.45) is 0 Å². The number of anilines is 1. The van der Waals surface area contributed by atoms with E-state index in [4.69, 9.17) is 9.26 Å². The summed E-state index contributed by atoms with van der Waals surface area (Å²) < 4.78 is 10.5. The maximum Gasteiger partial charge on any atom is 0.239 e. The molecule has 1 fully saturated rings. The molecule has 1 aromatic heterocycles. The van der Waals surface area contributed by atoms with Gasteiger partial charge in [-0.15, -0.1) is 0 Å². The van der Waals surface area contributed by atoms with Crippen LogP contribution in [0.1, 0.15) is 5.76 Å². The Kier molecular flexibility index (Phi) is 4.89. The zero-order valence-corrected chi connectivity index (χ0v) is 11.3. The number of nitrogens with one attached hydrogen (secondary N) is 2. The van der Waals surface area contributed by atoms with Crippen LogP contribution in [-0.2, 0) is 9.53 Å². The normalized spacial score (nSPS) is 20.4. The molecule has 2 rings (SSSR count). The lowest BCUT2D eigenvalue weighted by molar-refractivity contribution is -0.119. The van der Waals surface area contributed by atoms with E-state index in [0.29, 0.717) is 24.7 Å². The van der Waals surface area contributed by atoms with Crippen LogP contribution in [-0.4, -0.2) is 61.9 Å². The number of hydrogen-bond acceptors (Lipinski definition) is 6. The molecular weight excluding hydrogens is 248 g/mol. The predicted octanol–water partition coefficient (Wildman–Crippen LogP) is -0.158. The molecule has 0 bridgehead atoms. The number of ether oxygens (including phenoxy) is 1. The summed E-state index contributed by atoms with van der Waals surface area (Å²) in [4.78, 5) is 13.9. The lowest BCUT2D eigenvalue weighted by Crippen LogP contribution is -2.48. The Hall–Kier alpha value is -1.44. The van der Waals surface area contributed by atoms with Crippen molar-refractivity contribution in [1.82, 2.24) is 15.4 Å². The Balaban J connectivity index is 1.78. The fourth-order valence-electron chi connectivity index (χ4n) is 2.09. The summed E-state index contributed by atoms with van der Waals surface area (Å²) in [7, 11) is 1.89. The van der Waals surface area contributed by atoms with E-state index in [1.54, 1.807) is 13.0 Å². The first kappa shape index (κ1) is 14.0. The highest BCUT2D eigenvalue weighted by Crippen LogP contribution is 2.08. The second-order valence-electron chi connectivity index (χ2n) is 4.66. The first-order valence-corrected chi connectivity index (χ1v) is 6.39. The van der Waals surface area contributed by atoms with Crippen LogP contribution in [0.5, 0.6) is 0 Å². The predicted molar refractivity (Wildman–Crippen MR) is 70.0 cm³/mol. The summed E-state index contributed by atoms with van der Waals surface area (Å²) >= 11 is 0. The Morgan fingerprint density at radius 1 is 1.63 bits per heavy atom. The van der Waals surface area contributed by atoms with Crippen LogP contribution in [0.2, 0.25) is 0 Å². The van der Waals surface area contributed by atoms with Crippen molar-refractivity contribution in [2.75, 3.05) is 45.2 Å². The second-order valence-corrected chi connectivity index (χ2v) is 4.66.